The molecular weight excluding hydrogens is 294 g/mol. The van der Waals surface area contributed by atoms with Gasteiger partial charge < -0.3 is 0 Å². The van der Waals surface area contributed by atoms with E-state index in [1.165, 1.54) is 0 Å². The van der Waals surface area contributed by atoms with E-state index >= 15 is 0 Å². The minimum absolute atomic E-state index is 0.0431. The van der Waals surface area contributed by atoms with E-state index in [2.05, 4.69) is 32.9 Å². The molecule has 2 aromatic rings. The van der Waals surface area contributed by atoms with Gasteiger partial charge >= 0.3 is 0 Å². The molecule has 0 atom stereocenters. The second kappa shape index (κ2) is 5.44. The zero-order valence-corrected chi connectivity index (χ0v) is 11.9. The van der Waals surface area contributed by atoms with Crippen LogP contribution in [-0.4, -0.2) is 20.5 Å². The molecular formula is C13H14BrN3O. The van der Waals surface area contributed by atoms with Crippen molar-refractivity contribution in [3.8, 4) is 0 Å². The van der Waals surface area contributed by atoms with Gasteiger partial charge in [-0.05, 0) is 40.9 Å². The van der Waals surface area contributed by atoms with Gasteiger partial charge in [0, 0.05) is 24.5 Å². The quantitative estimate of drug-likeness (QED) is 0.816. The third-order valence-electron chi connectivity index (χ3n) is 2.73. The van der Waals surface area contributed by atoms with Gasteiger partial charge in [0.25, 0.3) is 0 Å². The fraction of sp³-hybridized carbons (Fsp3) is 0.308. The van der Waals surface area contributed by atoms with E-state index in [0.717, 1.165) is 23.0 Å². The van der Waals surface area contributed by atoms with E-state index in [9.17, 15) is 4.79 Å². The molecule has 18 heavy (non-hydrogen) atoms. The third-order valence-corrected chi connectivity index (χ3v) is 3.31. The van der Waals surface area contributed by atoms with Crippen LogP contribution in [0.3, 0.4) is 0 Å². The second-order valence-electron chi connectivity index (χ2n) is 4.08. The van der Waals surface area contributed by atoms with Crippen molar-refractivity contribution in [2.45, 2.75) is 26.8 Å². The molecule has 0 aliphatic heterocycles. The predicted molar refractivity (Wildman–Crippen MR) is 72.6 cm³/mol. The van der Waals surface area contributed by atoms with Crippen LogP contribution in [0.1, 0.15) is 35.0 Å². The van der Waals surface area contributed by atoms with Crippen molar-refractivity contribution in [3.05, 3.63) is 46.0 Å². The molecule has 0 amide bonds. The van der Waals surface area contributed by atoms with Crippen LogP contribution in [0.15, 0.2) is 29.1 Å². The Morgan fingerprint density at radius 1 is 1.44 bits per heavy atom. The summed E-state index contributed by atoms with van der Waals surface area (Å²) in [4.78, 5) is 16.5. The summed E-state index contributed by atoms with van der Waals surface area (Å²) >= 11 is 3.39. The smallest absolute Gasteiger partial charge is 0.213 e. The van der Waals surface area contributed by atoms with Gasteiger partial charge in [-0.25, -0.2) is 0 Å². The Labute approximate surface area is 114 Å². The first kappa shape index (κ1) is 13.0. The molecule has 0 fully saturated rings. The maximum atomic E-state index is 12.5. The van der Waals surface area contributed by atoms with Crippen molar-refractivity contribution in [3.63, 3.8) is 0 Å². The van der Waals surface area contributed by atoms with Crippen molar-refractivity contribution in [1.82, 2.24) is 14.8 Å². The molecule has 0 aliphatic rings. The molecule has 2 rings (SSSR count). The van der Waals surface area contributed by atoms with Crippen LogP contribution in [0.2, 0.25) is 0 Å². The summed E-state index contributed by atoms with van der Waals surface area (Å²) in [7, 11) is 0. The molecule has 0 bridgehead atoms. The number of ketones is 1. The van der Waals surface area contributed by atoms with Gasteiger partial charge in [-0.2, -0.15) is 5.10 Å². The molecule has 0 saturated carbocycles. The molecule has 0 spiro atoms. The van der Waals surface area contributed by atoms with E-state index in [0.29, 0.717) is 11.3 Å². The summed E-state index contributed by atoms with van der Waals surface area (Å²) in [5.74, 6) is -0.0431. The number of carbonyl (C=O) groups is 1. The molecule has 0 aliphatic carbocycles. The fourth-order valence-corrected chi connectivity index (χ4v) is 2.28. The standard InChI is InChI=1S/C13H14BrN3O/c1-3-6-17-12(11(14)8-16-17)13(18)10-7-15-5-4-9(10)2/h4-5,7-8H,3,6H2,1-2H3. The SMILES string of the molecule is CCCn1ncc(Br)c1C(=O)c1cnccc1C. The highest BCUT2D eigenvalue weighted by Crippen LogP contribution is 2.21. The summed E-state index contributed by atoms with van der Waals surface area (Å²) in [5, 5.41) is 4.21. The number of hydrogen-bond acceptors (Lipinski definition) is 3. The molecule has 5 heteroatoms. The van der Waals surface area contributed by atoms with Gasteiger partial charge in [-0.1, -0.05) is 6.92 Å². The first-order valence-corrected chi connectivity index (χ1v) is 6.61. The van der Waals surface area contributed by atoms with E-state index in [1.54, 1.807) is 23.3 Å². The van der Waals surface area contributed by atoms with Gasteiger partial charge in [-0.15, -0.1) is 0 Å². The van der Waals surface area contributed by atoms with Gasteiger partial charge in [0.1, 0.15) is 5.69 Å². The highest BCUT2D eigenvalue weighted by Gasteiger charge is 2.20. The van der Waals surface area contributed by atoms with Crippen LogP contribution in [0.5, 0.6) is 0 Å². The first-order valence-electron chi connectivity index (χ1n) is 5.81. The van der Waals surface area contributed by atoms with Crippen molar-refractivity contribution >= 4 is 21.7 Å². The minimum atomic E-state index is -0.0431. The zero-order chi connectivity index (χ0) is 13.1. The number of carbonyl (C=O) groups excluding carboxylic acids is 1. The maximum Gasteiger partial charge on any atom is 0.213 e. The lowest BCUT2D eigenvalue weighted by Crippen LogP contribution is -2.13. The maximum absolute atomic E-state index is 12.5. The van der Waals surface area contributed by atoms with Gasteiger partial charge in [0.05, 0.1) is 10.7 Å². The fourth-order valence-electron chi connectivity index (χ4n) is 1.80. The number of halogens is 1. The van der Waals surface area contributed by atoms with E-state index in [1.807, 2.05) is 13.0 Å². The third kappa shape index (κ3) is 2.36. The Morgan fingerprint density at radius 2 is 2.22 bits per heavy atom. The predicted octanol–water partition coefficient (Wildman–Crippen LogP) is 2.99. The summed E-state index contributed by atoms with van der Waals surface area (Å²) < 4.78 is 2.46. The molecule has 0 radical (unpaired) electrons. The van der Waals surface area contributed by atoms with Crippen molar-refractivity contribution in [2.24, 2.45) is 0 Å². The van der Waals surface area contributed by atoms with Crippen molar-refractivity contribution in [2.75, 3.05) is 0 Å². The molecule has 2 aromatic heterocycles. The van der Waals surface area contributed by atoms with Crippen molar-refractivity contribution < 1.29 is 4.79 Å². The Morgan fingerprint density at radius 3 is 2.89 bits per heavy atom. The number of aromatic nitrogens is 3. The van der Waals surface area contributed by atoms with E-state index < -0.39 is 0 Å². The number of pyridine rings is 1. The topological polar surface area (TPSA) is 47.8 Å². The largest absolute Gasteiger partial charge is 0.287 e. The first-order chi connectivity index (χ1) is 8.65. The molecule has 0 N–H and O–H groups in total. The average molecular weight is 308 g/mol. The average Bonchev–Trinajstić information content (AvgIpc) is 2.71. The lowest BCUT2D eigenvalue weighted by Gasteiger charge is -2.07. The van der Waals surface area contributed by atoms with Crippen molar-refractivity contribution in [1.29, 1.82) is 0 Å². The van der Waals surface area contributed by atoms with Crippen LogP contribution in [0, 0.1) is 6.92 Å². The summed E-state index contributed by atoms with van der Waals surface area (Å²) in [6.45, 7) is 4.69. The van der Waals surface area contributed by atoms with Crippen LogP contribution in [0.25, 0.3) is 0 Å². The molecule has 0 saturated heterocycles. The number of nitrogens with zero attached hydrogens (tertiary/aromatic N) is 3. The van der Waals surface area contributed by atoms with Gasteiger partial charge in [0.15, 0.2) is 0 Å². The lowest BCUT2D eigenvalue weighted by molar-refractivity contribution is 0.102. The van der Waals surface area contributed by atoms with Crippen LogP contribution >= 0.6 is 15.9 Å². The highest BCUT2D eigenvalue weighted by molar-refractivity contribution is 9.10. The Kier molecular flexibility index (Phi) is 3.91. The molecule has 94 valence electrons. The summed E-state index contributed by atoms with van der Waals surface area (Å²) in [6, 6.07) is 1.83. The Balaban J connectivity index is 2.46. The number of hydrogen-bond donors (Lipinski definition) is 0. The summed E-state index contributed by atoms with van der Waals surface area (Å²) in [5.41, 5.74) is 2.13. The summed E-state index contributed by atoms with van der Waals surface area (Å²) in [6.07, 6.45) is 5.88. The molecule has 4 nitrogen and oxygen atoms in total. The van der Waals surface area contributed by atoms with Gasteiger partial charge in [0.2, 0.25) is 5.78 Å². The second-order valence-corrected chi connectivity index (χ2v) is 4.94. The zero-order valence-electron chi connectivity index (χ0n) is 10.4. The molecule has 0 aromatic carbocycles. The van der Waals surface area contributed by atoms with Crippen LogP contribution < -0.4 is 0 Å². The van der Waals surface area contributed by atoms with Crippen LogP contribution in [0.4, 0.5) is 0 Å². The normalized spacial score (nSPS) is 10.6. The highest BCUT2D eigenvalue weighted by atomic mass is 79.9. The monoisotopic (exact) mass is 307 g/mol. The van der Waals surface area contributed by atoms with E-state index in [4.69, 9.17) is 0 Å². The number of rotatable bonds is 4. The van der Waals surface area contributed by atoms with Gasteiger partial charge in [-0.3, -0.25) is 14.5 Å². The molecule has 0 unspecified atom stereocenters. The van der Waals surface area contributed by atoms with Crippen LogP contribution in [-0.2, 0) is 6.54 Å². The minimum Gasteiger partial charge on any atom is -0.287 e. The number of aryl methyl sites for hydroxylation is 2. The molecule has 2 heterocycles. The lowest BCUT2D eigenvalue weighted by atomic mass is 10.1. The Hall–Kier alpha value is -1.49. The van der Waals surface area contributed by atoms with E-state index in [-0.39, 0.29) is 5.78 Å². The Bertz CT molecular complexity index is 577.